The lowest BCUT2D eigenvalue weighted by atomic mass is 10.0. The van der Waals surface area contributed by atoms with Gasteiger partial charge in [0.15, 0.2) is 0 Å². The van der Waals surface area contributed by atoms with Crippen LogP contribution in [-0.4, -0.2) is 0 Å². The first-order valence-electron chi connectivity index (χ1n) is 5.44. The topological polar surface area (TPSA) is 0 Å². The van der Waals surface area contributed by atoms with Crippen molar-refractivity contribution in [2.24, 2.45) is 0 Å². The van der Waals surface area contributed by atoms with Crippen LogP contribution in [0.5, 0.6) is 0 Å². The molecule has 0 spiro atoms. The molecule has 0 nitrogen and oxygen atoms in total. The molecule has 1 rings (SSSR count). The maximum atomic E-state index is 4.08. The summed E-state index contributed by atoms with van der Waals surface area (Å²) in [7, 11) is 0. The molecule has 14 heavy (non-hydrogen) atoms. The fourth-order valence-corrected chi connectivity index (χ4v) is 1.55. The molecule has 76 valence electrons. The van der Waals surface area contributed by atoms with E-state index in [-0.39, 0.29) is 0 Å². The van der Waals surface area contributed by atoms with Crippen molar-refractivity contribution in [2.75, 3.05) is 0 Å². The molecule has 1 aromatic rings. The van der Waals surface area contributed by atoms with Gasteiger partial charge in [-0.15, -0.1) is 0 Å². The minimum absolute atomic E-state index is 1.14. The molecule has 0 N–H and O–H groups in total. The van der Waals surface area contributed by atoms with E-state index in [1.807, 2.05) is 0 Å². The van der Waals surface area contributed by atoms with E-state index in [1.54, 1.807) is 0 Å². The van der Waals surface area contributed by atoms with Crippen molar-refractivity contribution in [3.63, 3.8) is 0 Å². The van der Waals surface area contributed by atoms with Crippen molar-refractivity contribution in [3.05, 3.63) is 47.5 Å². The Morgan fingerprint density at radius 3 is 2.36 bits per heavy atom. The first-order chi connectivity index (χ1) is 6.72. The third-order valence-electron chi connectivity index (χ3n) is 2.49. The number of hydrogen-bond donors (Lipinski definition) is 0. The predicted molar refractivity (Wildman–Crippen MR) is 63.5 cm³/mol. The van der Waals surface area contributed by atoms with Gasteiger partial charge in [-0.05, 0) is 31.7 Å². The molecule has 0 bridgehead atoms. The van der Waals surface area contributed by atoms with Gasteiger partial charge in [0.05, 0.1) is 0 Å². The molecule has 0 fully saturated rings. The summed E-state index contributed by atoms with van der Waals surface area (Å²) < 4.78 is 0. The van der Waals surface area contributed by atoms with Crippen LogP contribution >= 0.6 is 0 Å². The van der Waals surface area contributed by atoms with Gasteiger partial charge in [-0.3, -0.25) is 0 Å². The quantitative estimate of drug-likeness (QED) is 0.605. The Morgan fingerprint density at radius 1 is 1.14 bits per heavy atom. The second-order valence-electron chi connectivity index (χ2n) is 3.99. The van der Waals surface area contributed by atoms with Crippen molar-refractivity contribution >= 4 is 0 Å². The third-order valence-corrected chi connectivity index (χ3v) is 2.49. The van der Waals surface area contributed by atoms with Crippen LogP contribution in [-0.2, 0) is 6.42 Å². The van der Waals surface area contributed by atoms with Gasteiger partial charge in [0.1, 0.15) is 0 Å². The summed E-state index contributed by atoms with van der Waals surface area (Å²) in [5, 5.41) is 0. The van der Waals surface area contributed by atoms with Gasteiger partial charge in [0.25, 0.3) is 0 Å². The van der Waals surface area contributed by atoms with E-state index in [9.17, 15) is 0 Å². The van der Waals surface area contributed by atoms with Gasteiger partial charge in [0, 0.05) is 0 Å². The molecule has 0 aliphatic heterocycles. The smallest absolute Gasteiger partial charge is 0.0242 e. The zero-order valence-corrected chi connectivity index (χ0v) is 9.34. The second-order valence-corrected chi connectivity index (χ2v) is 3.99. The normalized spacial score (nSPS) is 10.1. The molecule has 0 aliphatic carbocycles. The highest BCUT2D eigenvalue weighted by Gasteiger charge is 1.95. The first kappa shape index (κ1) is 11.0. The summed E-state index contributed by atoms with van der Waals surface area (Å²) in [5.74, 6) is 0. The van der Waals surface area contributed by atoms with Crippen LogP contribution in [0.15, 0.2) is 36.4 Å². The number of benzene rings is 1. The van der Waals surface area contributed by atoms with Crippen molar-refractivity contribution in [2.45, 2.75) is 39.5 Å². The van der Waals surface area contributed by atoms with E-state index in [0.29, 0.717) is 0 Å². The highest BCUT2D eigenvalue weighted by atomic mass is 14.0. The summed E-state index contributed by atoms with van der Waals surface area (Å²) in [4.78, 5) is 0. The van der Waals surface area contributed by atoms with Crippen molar-refractivity contribution in [1.82, 2.24) is 0 Å². The Hall–Kier alpha value is -1.04. The summed E-state index contributed by atoms with van der Waals surface area (Å²) in [6.07, 6.45) is 4.66. The Bertz CT molecular complexity index is 279. The van der Waals surface area contributed by atoms with Crippen LogP contribution in [0.1, 0.15) is 37.3 Å². The number of aryl methyl sites for hydroxylation is 2. The number of allylic oxidation sites excluding steroid dienone is 1. The third kappa shape index (κ3) is 3.78. The lowest BCUT2D eigenvalue weighted by Gasteiger charge is -2.04. The van der Waals surface area contributed by atoms with Gasteiger partial charge in [-0.1, -0.05) is 55.3 Å². The highest BCUT2D eigenvalue weighted by Crippen LogP contribution is 2.12. The lowest BCUT2D eigenvalue weighted by Crippen LogP contribution is -1.88. The Labute approximate surface area is 87.7 Å². The zero-order chi connectivity index (χ0) is 10.4. The van der Waals surface area contributed by atoms with Crippen LogP contribution < -0.4 is 0 Å². The zero-order valence-electron chi connectivity index (χ0n) is 9.34. The van der Waals surface area contributed by atoms with Crippen molar-refractivity contribution < 1.29 is 0 Å². The van der Waals surface area contributed by atoms with Gasteiger partial charge < -0.3 is 0 Å². The van der Waals surface area contributed by atoms with Crippen molar-refractivity contribution in [1.29, 1.82) is 0 Å². The van der Waals surface area contributed by atoms with Crippen LogP contribution in [0.3, 0.4) is 0 Å². The Kier molecular flexibility index (Phi) is 4.45. The molecule has 0 heteroatoms. The second kappa shape index (κ2) is 5.64. The molecule has 0 radical (unpaired) electrons. The molecule has 0 atom stereocenters. The Morgan fingerprint density at radius 2 is 1.79 bits per heavy atom. The summed E-state index contributed by atoms with van der Waals surface area (Å²) in [6, 6.07) is 8.79. The molecule has 0 aliphatic rings. The van der Waals surface area contributed by atoms with Crippen molar-refractivity contribution in [3.8, 4) is 0 Å². The van der Waals surface area contributed by atoms with Crippen LogP contribution in [0.25, 0.3) is 0 Å². The summed E-state index contributed by atoms with van der Waals surface area (Å²) >= 11 is 0. The maximum absolute atomic E-state index is 4.08. The monoisotopic (exact) mass is 188 g/mol. The molecule has 0 saturated carbocycles. The number of hydrogen-bond acceptors (Lipinski definition) is 0. The van der Waals surface area contributed by atoms with E-state index < -0.39 is 0 Å². The fraction of sp³-hybridized carbons (Fsp3) is 0.429. The lowest BCUT2D eigenvalue weighted by molar-refractivity contribution is 0.822. The molecule has 0 unspecified atom stereocenters. The van der Waals surface area contributed by atoms with Crippen LogP contribution in [0.4, 0.5) is 0 Å². The first-order valence-corrected chi connectivity index (χ1v) is 5.44. The molecule has 1 aromatic carbocycles. The van der Waals surface area contributed by atoms with Gasteiger partial charge >= 0.3 is 0 Å². The summed E-state index contributed by atoms with van der Waals surface area (Å²) in [6.45, 7) is 8.41. The van der Waals surface area contributed by atoms with Crippen LogP contribution in [0.2, 0.25) is 0 Å². The van der Waals surface area contributed by atoms with E-state index in [1.165, 1.54) is 29.5 Å². The molecular formula is C14H20. The predicted octanol–water partition coefficient (Wildman–Crippen LogP) is 4.28. The largest absolute Gasteiger partial charge is 0.0999 e. The SMILES string of the molecule is C=C(CCC)CCc1ccc(C)cc1. The summed E-state index contributed by atoms with van der Waals surface area (Å²) in [5.41, 5.74) is 4.14. The fourth-order valence-electron chi connectivity index (χ4n) is 1.55. The molecular weight excluding hydrogens is 168 g/mol. The molecule has 0 aromatic heterocycles. The van der Waals surface area contributed by atoms with Gasteiger partial charge in [-0.2, -0.15) is 0 Å². The van der Waals surface area contributed by atoms with E-state index in [0.717, 1.165) is 12.8 Å². The van der Waals surface area contributed by atoms with E-state index in [2.05, 4.69) is 44.7 Å². The average Bonchev–Trinajstić information content (AvgIpc) is 2.17. The van der Waals surface area contributed by atoms with Gasteiger partial charge in [0.2, 0.25) is 0 Å². The van der Waals surface area contributed by atoms with Gasteiger partial charge in [-0.25, -0.2) is 0 Å². The standard InChI is InChI=1S/C14H20/c1-4-5-12(2)6-9-14-10-7-13(3)8-11-14/h7-8,10-11H,2,4-6,9H2,1,3H3. The maximum Gasteiger partial charge on any atom is -0.0242 e. The minimum Gasteiger partial charge on any atom is -0.0999 e. The molecule has 0 heterocycles. The number of rotatable bonds is 5. The highest BCUT2D eigenvalue weighted by molar-refractivity contribution is 5.22. The molecule has 0 saturated heterocycles. The Balaban J connectivity index is 2.38. The van der Waals surface area contributed by atoms with Crippen LogP contribution in [0, 0.1) is 6.92 Å². The molecule has 0 amide bonds. The minimum atomic E-state index is 1.14. The average molecular weight is 188 g/mol. The van der Waals surface area contributed by atoms with E-state index >= 15 is 0 Å². The van der Waals surface area contributed by atoms with E-state index in [4.69, 9.17) is 0 Å².